The molecule has 1 aromatic rings. The van der Waals surface area contributed by atoms with Crippen LogP contribution in [0.15, 0.2) is 24.5 Å². The summed E-state index contributed by atoms with van der Waals surface area (Å²) in [6, 6.07) is 4.16. The lowest BCUT2D eigenvalue weighted by atomic mass is 9.77. The van der Waals surface area contributed by atoms with Crippen LogP contribution in [0.25, 0.3) is 0 Å². The molecule has 2 aliphatic rings. The van der Waals surface area contributed by atoms with E-state index in [9.17, 15) is 0 Å². The Kier molecular flexibility index (Phi) is 3.56. The normalized spacial score (nSPS) is 33.8. The molecule has 2 aliphatic heterocycles. The molecule has 2 fully saturated rings. The summed E-state index contributed by atoms with van der Waals surface area (Å²) in [7, 11) is 2.23. The lowest BCUT2D eigenvalue weighted by Crippen LogP contribution is -2.60. The van der Waals surface area contributed by atoms with Crippen molar-refractivity contribution in [3.8, 4) is 0 Å². The third-order valence-electron chi connectivity index (χ3n) is 5.15. The Morgan fingerprint density at radius 3 is 3.16 bits per heavy atom. The SMILES string of the molecule is CN(Cc1cccnc1)C1(CN)CCN2CCC1C2. The van der Waals surface area contributed by atoms with Gasteiger partial charge < -0.3 is 10.6 Å². The second kappa shape index (κ2) is 5.19. The first kappa shape index (κ1) is 13.0. The maximum Gasteiger partial charge on any atom is 0.0385 e. The van der Waals surface area contributed by atoms with E-state index in [2.05, 4.69) is 27.9 Å². The van der Waals surface area contributed by atoms with Crippen LogP contribution in [0.4, 0.5) is 0 Å². The summed E-state index contributed by atoms with van der Waals surface area (Å²) in [4.78, 5) is 9.28. The van der Waals surface area contributed by atoms with Crippen LogP contribution in [-0.2, 0) is 6.54 Å². The predicted octanol–water partition coefficient (Wildman–Crippen LogP) is 0.937. The Hall–Kier alpha value is -0.970. The third-order valence-corrected chi connectivity index (χ3v) is 5.15. The van der Waals surface area contributed by atoms with Crippen molar-refractivity contribution in [2.45, 2.75) is 24.9 Å². The van der Waals surface area contributed by atoms with Gasteiger partial charge in [-0.3, -0.25) is 9.88 Å². The van der Waals surface area contributed by atoms with E-state index in [1.807, 2.05) is 18.5 Å². The van der Waals surface area contributed by atoms with Gasteiger partial charge in [0.1, 0.15) is 0 Å². The molecule has 0 spiro atoms. The van der Waals surface area contributed by atoms with Crippen LogP contribution < -0.4 is 5.73 Å². The van der Waals surface area contributed by atoms with Gasteiger partial charge in [0.2, 0.25) is 0 Å². The molecule has 3 rings (SSSR count). The van der Waals surface area contributed by atoms with Gasteiger partial charge in [-0.2, -0.15) is 0 Å². The highest BCUT2D eigenvalue weighted by Gasteiger charge is 2.47. The van der Waals surface area contributed by atoms with E-state index in [1.165, 1.54) is 38.0 Å². The van der Waals surface area contributed by atoms with Crippen molar-refractivity contribution >= 4 is 0 Å². The van der Waals surface area contributed by atoms with Gasteiger partial charge in [0.05, 0.1) is 0 Å². The molecule has 4 nitrogen and oxygen atoms in total. The monoisotopic (exact) mass is 260 g/mol. The molecule has 0 saturated carbocycles. The van der Waals surface area contributed by atoms with E-state index in [1.54, 1.807) is 0 Å². The summed E-state index contributed by atoms with van der Waals surface area (Å²) in [6.45, 7) is 5.40. The minimum atomic E-state index is 0.183. The Bertz CT molecular complexity index is 421. The second-order valence-electron chi connectivity index (χ2n) is 6.06. The van der Waals surface area contributed by atoms with Gasteiger partial charge in [-0.25, -0.2) is 0 Å². The van der Waals surface area contributed by atoms with E-state index in [0.717, 1.165) is 19.0 Å². The molecule has 0 aliphatic carbocycles. The average Bonchev–Trinajstić information content (AvgIpc) is 2.84. The highest BCUT2D eigenvalue weighted by molar-refractivity contribution is 5.11. The number of fused-ring (bicyclic) bond motifs is 2. The van der Waals surface area contributed by atoms with Gasteiger partial charge in [-0.05, 0) is 50.5 Å². The molecule has 104 valence electrons. The fourth-order valence-corrected chi connectivity index (χ4v) is 3.88. The highest BCUT2D eigenvalue weighted by atomic mass is 15.3. The van der Waals surface area contributed by atoms with E-state index >= 15 is 0 Å². The number of hydrogen-bond acceptors (Lipinski definition) is 4. The molecule has 3 unspecified atom stereocenters. The number of rotatable bonds is 4. The fourth-order valence-electron chi connectivity index (χ4n) is 3.88. The quantitative estimate of drug-likeness (QED) is 0.875. The molecule has 0 radical (unpaired) electrons. The zero-order chi connectivity index (χ0) is 13.3. The molecule has 19 heavy (non-hydrogen) atoms. The van der Waals surface area contributed by atoms with E-state index < -0.39 is 0 Å². The van der Waals surface area contributed by atoms with Gasteiger partial charge in [0.15, 0.2) is 0 Å². The molecule has 2 N–H and O–H groups in total. The fraction of sp³-hybridized carbons (Fsp3) is 0.667. The number of pyridine rings is 1. The molecule has 3 atom stereocenters. The summed E-state index contributed by atoms with van der Waals surface area (Å²) in [5.74, 6) is 0.730. The highest BCUT2D eigenvalue weighted by Crippen LogP contribution is 2.39. The zero-order valence-electron chi connectivity index (χ0n) is 11.8. The van der Waals surface area contributed by atoms with Gasteiger partial charge >= 0.3 is 0 Å². The van der Waals surface area contributed by atoms with Gasteiger partial charge in [0, 0.05) is 37.6 Å². The van der Waals surface area contributed by atoms with Crippen molar-refractivity contribution < 1.29 is 0 Å². The standard InChI is InChI=1S/C15H24N4/c1-18(10-13-3-2-6-17-9-13)15(12-16)5-8-19-7-4-14(15)11-19/h2-3,6,9,14H,4-5,7-8,10-12,16H2,1H3. The van der Waals surface area contributed by atoms with Gasteiger partial charge in [-0.1, -0.05) is 6.07 Å². The molecule has 3 heterocycles. The zero-order valence-corrected chi connectivity index (χ0v) is 11.8. The number of nitrogens with two attached hydrogens (primary N) is 1. The molecule has 2 saturated heterocycles. The topological polar surface area (TPSA) is 45.4 Å². The molecule has 4 heteroatoms. The smallest absolute Gasteiger partial charge is 0.0385 e. The van der Waals surface area contributed by atoms with Crippen molar-refractivity contribution in [2.75, 3.05) is 33.2 Å². The molecule has 0 amide bonds. The van der Waals surface area contributed by atoms with Crippen molar-refractivity contribution in [3.63, 3.8) is 0 Å². The summed E-state index contributed by atoms with van der Waals surface area (Å²) in [5, 5.41) is 0. The molecular formula is C15H24N4. The van der Waals surface area contributed by atoms with Gasteiger partial charge in [0.25, 0.3) is 0 Å². The van der Waals surface area contributed by atoms with Gasteiger partial charge in [-0.15, -0.1) is 0 Å². The summed E-state index contributed by atoms with van der Waals surface area (Å²) < 4.78 is 0. The van der Waals surface area contributed by atoms with Crippen LogP contribution in [0.1, 0.15) is 18.4 Å². The van der Waals surface area contributed by atoms with Crippen molar-refractivity contribution in [1.29, 1.82) is 0 Å². The summed E-state index contributed by atoms with van der Waals surface area (Å²) in [5.41, 5.74) is 7.66. The third kappa shape index (κ3) is 2.29. The van der Waals surface area contributed by atoms with Crippen molar-refractivity contribution in [1.82, 2.24) is 14.8 Å². The van der Waals surface area contributed by atoms with Crippen LogP contribution >= 0.6 is 0 Å². The Balaban J connectivity index is 1.77. The Morgan fingerprint density at radius 1 is 1.53 bits per heavy atom. The average molecular weight is 260 g/mol. The maximum atomic E-state index is 6.20. The molecular weight excluding hydrogens is 236 g/mol. The summed E-state index contributed by atoms with van der Waals surface area (Å²) in [6.07, 6.45) is 6.29. The number of piperidine rings is 1. The first-order chi connectivity index (χ1) is 9.24. The second-order valence-corrected chi connectivity index (χ2v) is 6.06. The summed E-state index contributed by atoms with van der Waals surface area (Å²) >= 11 is 0. The van der Waals surface area contributed by atoms with Crippen molar-refractivity contribution in [2.24, 2.45) is 11.7 Å². The maximum absolute atomic E-state index is 6.20. The lowest BCUT2D eigenvalue weighted by Gasteiger charge is -2.48. The van der Waals surface area contributed by atoms with Crippen LogP contribution in [0.5, 0.6) is 0 Å². The number of hydrogen-bond donors (Lipinski definition) is 1. The molecule has 1 aromatic heterocycles. The first-order valence-electron chi connectivity index (χ1n) is 7.27. The van der Waals surface area contributed by atoms with E-state index in [-0.39, 0.29) is 5.54 Å². The Morgan fingerprint density at radius 2 is 2.42 bits per heavy atom. The van der Waals surface area contributed by atoms with Crippen LogP contribution in [-0.4, -0.2) is 53.5 Å². The van der Waals surface area contributed by atoms with Crippen LogP contribution in [0, 0.1) is 5.92 Å². The lowest BCUT2D eigenvalue weighted by molar-refractivity contribution is 0.0212. The number of aromatic nitrogens is 1. The van der Waals surface area contributed by atoms with Crippen LogP contribution in [0.2, 0.25) is 0 Å². The predicted molar refractivity (Wildman–Crippen MR) is 76.7 cm³/mol. The van der Waals surface area contributed by atoms with E-state index in [4.69, 9.17) is 5.73 Å². The Labute approximate surface area is 115 Å². The minimum Gasteiger partial charge on any atom is -0.329 e. The largest absolute Gasteiger partial charge is 0.329 e. The molecule has 0 aromatic carbocycles. The number of nitrogens with zero attached hydrogens (tertiary/aromatic N) is 3. The minimum absolute atomic E-state index is 0.183. The van der Waals surface area contributed by atoms with Crippen molar-refractivity contribution in [3.05, 3.63) is 30.1 Å². The van der Waals surface area contributed by atoms with Crippen LogP contribution in [0.3, 0.4) is 0 Å². The first-order valence-corrected chi connectivity index (χ1v) is 7.27. The number of likely N-dealkylation sites (N-methyl/N-ethyl adjacent to an activating group) is 1. The van der Waals surface area contributed by atoms with E-state index in [0.29, 0.717) is 0 Å². The molecule has 2 bridgehead atoms.